The Balaban J connectivity index is 1.75. The quantitative estimate of drug-likeness (QED) is 0.689. The van der Waals surface area contributed by atoms with Gasteiger partial charge in [-0.25, -0.2) is 0 Å². The fourth-order valence-corrected chi connectivity index (χ4v) is 3.33. The molecule has 0 aliphatic rings. The van der Waals surface area contributed by atoms with Gasteiger partial charge in [-0.1, -0.05) is 78.4 Å². The summed E-state index contributed by atoms with van der Waals surface area (Å²) in [6.07, 6.45) is 0. The van der Waals surface area contributed by atoms with Crippen LogP contribution in [-0.2, 0) is 4.79 Å². The van der Waals surface area contributed by atoms with Gasteiger partial charge in [-0.2, -0.15) is 0 Å². The summed E-state index contributed by atoms with van der Waals surface area (Å²) >= 11 is 0. The molecule has 0 bridgehead atoms. The summed E-state index contributed by atoms with van der Waals surface area (Å²) < 4.78 is 0. The average molecular weight is 359 g/mol. The summed E-state index contributed by atoms with van der Waals surface area (Å²) in [4.78, 5) is 12.6. The molecule has 3 N–H and O–H groups in total. The number of rotatable bonds is 6. The van der Waals surface area contributed by atoms with Crippen molar-refractivity contribution in [2.24, 2.45) is 0 Å². The van der Waals surface area contributed by atoms with Gasteiger partial charge in [0.2, 0.25) is 0 Å². The molecule has 0 radical (unpaired) electrons. The summed E-state index contributed by atoms with van der Waals surface area (Å²) in [5, 5.41) is 5.18. The van der Waals surface area contributed by atoms with Crippen LogP contribution in [0.2, 0.25) is 0 Å². The van der Waals surface area contributed by atoms with Crippen LogP contribution in [0.25, 0.3) is 0 Å². The molecule has 1 atom stereocenters. The van der Waals surface area contributed by atoms with Crippen molar-refractivity contribution in [3.63, 3.8) is 0 Å². The molecule has 138 valence electrons. The highest BCUT2D eigenvalue weighted by Crippen LogP contribution is 2.20. The Bertz CT molecular complexity index is 881. The van der Waals surface area contributed by atoms with E-state index in [1.807, 2.05) is 50.2 Å². The molecule has 0 saturated carbocycles. The molecule has 3 nitrogen and oxygen atoms in total. The smallest absolute Gasteiger partial charge is 0.279 e. The van der Waals surface area contributed by atoms with Crippen molar-refractivity contribution in [1.82, 2.24) is 0 Å². The van der Waals surface area contributed by atoms with E-state index in [4.69, 9.17) is 0 Å². The Morgan fingerprint density at radius 1 is 0.815 bits per heavy atom. The number of nitrogens with two attached hydrogens (primary N) is 1. The number of hydrogen-bond donors (Lipinski definition) is 2. The lowest BCUT2D eigenvalue weighted by Crippen LogP contribution is -2.87. The third-order valence-corrected chi connectivity index (χ3v) is 4.88. The highest BCUT2D eigenvalue weighted by molar-refractivity contribution is 5.92. The van der Waals surface area contributed by atoms with Crippen LogP contribution in [0.4, 0.5) is 5.69 Å². The van der Waals surface area contributed by atoms with Crippen molar-refractivity contribution in [3.8, 4) is 0 Å². The Hall–Kier alpha value is -2.91. The van der Waals surface area contributed by atoms with E-state index in [-0.39, 0.29) is 11.9 Å². The molecule has 0 heterocycles. The third kappa shape index (κ3) is 4.83. The molecule has 0 fully saturated rings. The third-order valence-electron chi connectivity index (χ3n) is 4.88. The van der Waals surface area contributed by atoms with Gasteiger partial charge in [-0.15, -0.1) is 0 Å². The van der Waals surface area contributed by atoms with Gasteiger partial charge in [0, 0.05) is 16.8 Å². The molecule has 0 aromatic heterocycles. The van der Waals surface area contributed by atoms with Crippen molar-refractivity contribution >= 4 is 11.6 Å². The number of benzene rings is 3. The average Bonchev–Trinajstić information content (AvgIpc) is 2.67. The van der Waals surface area contributed by atoms with Crippen LogP contribution in [0.5, 0.6) is 0 Å². The number of carbonyl (C=O) groups is 1. The molecule has 0 unspecified atom stereocenters. The van der Waals surface area contributed by atoms with Crippen LogP contribution in [-0.4, -0.2) is 12.5 Å². The zero-order chi connectivity index (χ0) is 19.2. The first-order valence-corrected chi connectivity index (χ1v) is 9.35. The molecule has 27 heavy (non-hydrogen) atoms. The molecular formula is C24H27N2O+. The van der Waals surface area contributed by atoms with E-state index in [2.05, 4.69) is 54.0 Å². The minimum atomic E-state index is 0.0143. The molecule has 0 aliphatic heterocycles. The standard InChI is InChI=1S/C24H26N2O/c1-17-12-14-21(15-13-17)24(20-10-5-4-6-11-20)25-16-22(27)26-23-18(2)8-7-9-19(23)3/h4-15,24-25H,16H2,1-3H3,(H,26,27)/p+1/t24-/m1/s1. The van der Waals surface area contributed by atoms with Crippen molar-refractivity contribution in [2.75, 3.05) is 11.9 Å². The normalized spacial score (nSPS) is 11.8. The number of nitrogens with one attached hydrogen (secondary N) is 1. The van der Waals surface area contributed by atoms with Crippen LogP contribution in [0.15, 0.2) is 72.8 Å². The summed E-state index contributed by atoms with van der Waals surface area (Å²) in [7, 11) is 0. The number of carbonyl (C=O) groups excluding carboxylic acids is 1. The first-order chi connectivity index (χ1) is 13.0. The molecule has 0 spiro atoms. The summed E-state index contributed by atoms with van der Waals surface area (Å²) in [6, 6.07) is 25.0. The number of aryl methyl sites for hydroxylation is 3. The number of quaternary nitrogens is 1. The second kappa shape index (κ2) is 8.65. The van der Waals surface area contributed by atoms with E-state index >= 15 is 0 Å². The molecule has 3 heteroatoms. The van der Waals surface area contributed by atoms with E-state index in [0.29, 0.717) is 6.54 Å². The maximum atomic E-state index is 12.6. The summed E-state index contributed by atoms with van der Waals surface area (Å²) in [6.45, 7) is 6.49. The molecule has 3 aromatic carbocycles. The Morgan fingerprint density at radius 3 is 2.04 bits per heavy atom. The minimum absolute atomic E-state index is 0.0143. The van der Waals surface area contributed by atoms with Crippen LogP contribution >= 0.6 is 0 Å². The Morgan fingerprint density at radius 2 is 1.41 bits per heavy atom. The van der Waals surface area contributed by atoms with E-state index in [9.17, 15) is 4.79 Å². The predicted molar refractivity (Wildman–Crippen MR) is 111 cm³/mol. The van der Waals surface area contributed by atoms with Gasteiger partial charge < -0.3 is 10.6 Å². The molecular weight excluding hydrogens is 332 g/mol. The van der Waals surface area contributed by atoms with Gasteiger partial charge in [0.1, 0.15) is 6.04 Å². The second-order valence-electron chi connectivity index (χ2n) is 7.05. The van der Waals surface area contributed by atoms with Gasteiger partial charge in [0.15, 0.2) is 6.54 Å². The van der Waals surface area contributed by atoms with E-state index < -0.39 is 0 Å². The van der Waals surface area contributed by atoms with Crippen LogP contribution < -0.4 is 10.6 Å². The van der Waals surface area contributed by atoms with Crippen LogP contribution in [0.3, 0.4) is 0 Å². The maximum absolute atomic E-state index is 12.6. The first kappa shape index (κ1) is 18.9. The fraction of sp³-hybridized carbons (Fsp3) is 0.208. The highest BCUT2D eigenvalue weighted by Gasteiger charge is 2.19. The second-order valence-corrected chi connectivity index (χ2v) is 7.05. The predicted octanol–water partition coefficient (Wildman–Crippen LogP) is 3.90. The van der Waals surface area contributed by atoms with Gasteiger partial charge in [0.05, 0.1) is 0 Å². The van der Waals surface area contributed by atoms with E-state index in [0.717, 1.165) is 16.8 Å². The van der Waals surface area contributed by atoms with Gasteiger partial charge in [-0.05, 0) is 31.9 Å². The van der Waals surface area contributed by atoms with Crippen molar-refractivity contribution in [3.05, 3.63) is 101 Å². The van der Waals surface area contributed by atoms with E-state index in [1.54, 1.807) is 0 Å². The zero-order valence-electron chi connectivity index (χ0n) is 16.2. The topological polar surface area (TPSA) is 45.7 Å². The lowest BCUT2D eigenvalue weighted by molar-refractivity contribution is -0.676. The SMILES string of the molecule is Cc1ccc([C@H]([NH2+]CC(=O)Nc2c(C)cccc2C)c2ccccc2)cc1. The van der Waals surface area contributed by atoms with Crippen LogP contribution in [0, 0.1) is 20.8 Å². The monoisotopic (exact) mass is 359 g/mol. The lowest BCUT2D eigenvalue weighted by Gasteiger charge is -2.17. The van der Waals surface area contributed by atoms with Crippen LogP contribution in [0.1, 0.15) is 33.9 Å². The van der Waals surface area contributed by atoms with Crippen molar-refractivity contribution in [2.45, 2.75) is 26.8 Å². The van der Waals surface area contributed by atoms with Gasteiger partial charge >= 0.3 is 0 Å². The molecule has 0 saturated heterocycles. The molecule has 3 aromatic rings. The fourth-order valence-electron chi connectivity index (χ4n) is 3.33. The first-order valence-electron chi connectivity index (χ1n) is 9.35. The molecule has 0 aliphatic carbocycles. The zero-order valence-corrected chi connectivity index (χ0v) is 16.2. The Labute approximate surface area is 161 Å². The highest BCUT2D eigenvalue weighted by atomic mass is 16.1. The summed E-state index contributed by atoms with van der Waals surface area (Å²) in [5.41, 5.74) is 6.72. The van der Waals surface area contributed by atoms with Gasteiger partial charge in [0.25, 0.3) is 5.91 Å². The largest absolute Gasteiger partial charge is 0.328 e. The number of para-hydroxylation sites is 1. The number of anilines is 1. The van der Waals surface area contributed by atoms with Crippen molar-refractivity contribution < 1.29 is 10.1 Å². The number of hydrogen-bond acceptors (Lipinski definition) is 1. The lowest BCUT2D eigenvalue weighted by atomic mass is 9.98. The van der Waals surface area contributed by atoms with Crippen molar-refractivity contribution in [1.29, 1.82) is 0 Å². The maximum Gasteiger partial charge on any atom is 0.279 e. The van der Waals surface area contributed by atoms with E-state index in [1.165, 1.54) is 16.7 Å². The van der Waals surface area contributed by atoms with Gasteiger partial charge in [-0.3, -0.25) is 4.79 Å². The minimum Gasteiger partial charge on any atom is -0.328 e. The summed E-state index contributed by atoms with van der Waals surface area (Å²) in [5.74, 6) is 0.0143. The molecule has 3 rings (SSSR count). The number of amides is 1. The molecule has 1 amide bonds. The Kier molecular flexibility index (Phi) is 6.05.